The number of nitrogens with two attached hydrogens (primary N) is 2. The molecule has 4 nitrogen and oxygen atoms in total. The van der Waals surface area contributed by atoms with Crippen molar-refractivity contribution in [1.29, 1.82) is 0 Å². The van der Waals surface area contributed by atoms with Gasteiger partial charge in [-0.05, 0) is 18.2 Å². The molecule has 0 spiro atoms. The molecule has 0 heterocycles. The lowest BCUT2D eigenvalue weighted by atomic mass is 10.3. The largest absolute Gasteiger partial charge is 0.398 e. The number of rotatable bonds is 1. The van der Waals surface area contributed by atoms with Gasteiger partial charge in [0.25, 0.3) is 0 Å². The van der Waals surface area contributed by atoms with E-state index in [0.717, 1.165) is 0 Å². The molecule has 0 aliphatic carbocycles. The van der Waals surface area contributed by atoms with Gasteiger partial charge in [-0.2, -0.15) is 0 Å². The molecule has 0 unspecified atom stereocenters. The van der Waals surface area contributed by atoms with E-state index in [-0.39, 0.29) is 0 Å². The van der Waals surface area contributed by atoms with E-state index >= 15 is 0 Å². The Morgan fingerprint density at radius 2 is 2.17 bits per heavy atom. The van der Waals surface area contributed by atoms with Crippen LogP contribution in [0.5, 0.6) is 0 Å². The smallest absolute Gasteiger partial charge is 0.316 e. The highest BCUT2D eigenvalue weighted by Crippen LogP contribution is 2.22. The minimum atomic E-state index is -0.629. The fraction of sp³-hybridized carbons (Fsp3) is 0. The summed E-state index contributed by atoms with van der Waals surface area (Å²) >= 11 is 5.68. The van der Waals surface area contributed by atoms with Crippen LogP contribution in [0.2, 0.25) is 5.02 Å². The maximum absolute atomic E-state index is 10.4. The summed E-state index contributed by atoms with van der Waals surface area (Å²) in [5.41, 5.74) is 11.3. The van der Waals surface area contributed by atoms with E-state index in [1.165, 1.54) is 6.07 Å². The van der Waals surface area contributed by atoms with Crippen LogP contribution in [-0.4, -0.2) is 6.03 Å². The van der Waals surface area contributed by atoms with Gasteiger partial charge in [-0.15, -0.1) is 0 Å². The molecule has 0 aliphatic rings. The molecule has 0 atom stereocenters. The Kier molecular flexibility index (Phi) is 2.40. The van der Waals surface area contributed by atoms with Crippen molar-refractivity contribution in [2.45, 2.75) is 0 Å². The first-order chi connectivity index (χ1) is 5.59. The average Bonchev–Trinajstić information content (AvgIpc) is 1.96. The van der Waals surface area contributed by atoms with Crippen LogP contribution in [0, 0.1) is 0 Å². The number of hydrogen-bond acceptors (Lipinski definition) is 2. The quantitative estimate of drug-likeness (QED) is 0.579. The first kappa shape index (κ1) is 8.67. The van der Waals surface area contributed by atoms with Crippen molar-refractivity contribution in [3.63, 3.8) is 0 Å². The number of hydrogen-bond donors (Lipinski definition) is 3. The lowest BCUT2D eigenvalue weighted by Crippen LogP contribution is -2.19. The number of urea groups is 1. The monoisotopic (exact) mass is 185 g/mol. The Balaban J connectivity index is 2.89. The SMILES string of the molecule is NC(=O)Nc1ccc(N)c(Cl)c1. The number of benzene rings is 1. The molecule has 5 N–H and O–H groups in total. The van der Waals surface area contributed by atoms with E-state index in [2.05, 4.69) is 5.32 Å². The van der Waals surface area contributed by atoms with Gasteiger partial charge in [0.1, 0.15) is 0 Å². The molecule has 0 bridgehead atoms. The minimum absolute atomic E-state index is 0.390. The highest BCUT2D eigenvalue weighted by atomic mass is 35.5. The maximum Gasteiger partial charge on any atom is 0.316 e. The minimum Gasteiger partial charge on any atom is -0.398 e. The second-order valence-corrected chi connectivity index (χ2v) is 2.63. The Morgan fingerprint density at radius 1 is 1.50 bits per heavy atom. The number of anilines is 2. The van der Waals surface area contributed by atoms with E-state index in [0.29, 0.717) is 16.4 Å². The van der Waals surface area contributed by atoms with Crippen molar-refractivity contribution in [1.82, 2.24) is 0 Å². The van der Waals surface area contributed by atoms with Gasteiger partial charge in [0.05, 0.1) is 10.7 Å². The molecule has 0 aromatic heterocycles. The normalized spacial score (nSPS) is 9.42. The summed E-state index contributed by atoms with van der Waals surface area (Å²) < 4.78 is 0. The number of halogens is 1. The highest BCUT2D eigenvalue weighted by Gasteiger charge is 1.99. The molecular formula is C7H8ClN3O. The van der Waals surface area contributed by atoms with Gasteiger partial charge in [0, 0.05) is 5.69 Å². The number of nitrogen functional groups attached to an aromatic ring is 1. The Hall–Kier alpha value is -1.42. The van der Waals surface area contributed by atoms with Crippen molar-refractivity contribution < 1.29 is 4.79 Å². The molecular weight excluding hydrogens is 178 g/mol. The average molecular weight is 186 g/mol. The second kappa shape index (κ2) is 3.32. The molecule has 2 amide bonds. The van der Waals surface area contributed by atoms with Gasteiger partial charge in [0.15, 0.2) is 0 Å². The number of carbonyl (C=O) groups is 1. The van der Waals surface area contributed by atoms with Gasteiger partial charge in [-0.25, -0.2) is 4.79 Å². The summed E-state index contributed by atoms with van der Waals surface area (Å²) in [7, 11) is 0. The van der Waals surface area contributed by atoms with E-state index in [1.807, 2.05) is 0 Å². The molecule has 0 radical (unpaired) electrons. The molecule has 0 aliphatic heterocycles. The van der Waals surface area contributed by atoms with E-state index < -0.39 is 6.03 Å². The van der Waals surface area contributed by atoms with Gasteiger partial charge in [0.2, 0.25) is 0 Å². The molecule has 1 aromatic rings. The Labute approximate surface area is 74.5 Å². The van der Waals surface area contributed by atoms with Crippen molar-refractivity contribution in [2.75, 3.05) is 11.1 Å². The fourth-order valence-corrected chi connectivity index (χ4v) is 0.928. The number of carbonyl (C=O) groups excluding carboxylic acids is 1. The molecule has 1 rings (SSSR count). The van der Waals surface area contributed by atoms with Crippen LogP contribution in [0.15, 0.2) is 18.2 Å². The lowest BCUT2D eigenvalue weighted by molar-refractivity contribution is 0.259. The van der Waals surface area contributed by atoms with Gasteiger partial charge in [-0.1, -0.05) is 11.6 Å². The zero-order valence-corrected chi connectivity index (χ0v) is 6.93. The van der Waals surface area contributed by atoms with Crippen LogP contribution in [0.4, 0.5) is 16.2 Å². The van der Waals surface area contributed by atoms with Crippen LogP contribution in [0.25, 0.3) is 0 Å². The lowest BCUT2D eigenvalue weighted by Gasteiger charge is -2.02. The summed E-state index contributed by atoms with van der Waals surface area (Å²) in [4.78, 5) is 10.4. The van der Waals surface area contributed by atoms with E-state index in [4.69, 9.17) is 23.1 Å². The first-order valence-corrected chi connectivity index (χ1v) is 3.59. The summed E-state index contributed by atoms with van der Waals surface area (Å²) in [6, 6.07) is 4.11. The third-order valence-corrected chi connectivity index (χ3v) is 1.60. The van der Waals surface area contributed by atoms with Gasteiger partial charge in [-0.3, -0.25) is 0 Å². The number of amides is 2. The van der Waals surface area contributed by atoms with E-state index in [1.54, 1.807) is 12.1 Å². The van der Waals surface area contributed by atoms with Gasteiger partial charge >= 0.3 is 6.03 Å². The second-order valence-electron chi connectivity index (χ2n) is 2.23. The third kappa shape index (κ3) is 2.03. The first-order valence-electron chi connectivity index (χ1n) is 3.21. The number of primary amides is 1. The predicted molar refractivity (Wildman–Crippen MR) is 49.1 cm³/mol. The molecule has 12 heavy (non-hydrogen) atoms. The molecule has 0 saturated heterocycles. The van der Waals surface area contributed by atoms with Crippen molar-refractivity contribution in [2.24, 2.45) is 5.73 Å². The van der Waals surface area contributed by atoms with Crippen molar-refractivity contribution in [3.8, 4) is 0 Å². The van der Waals surface area contributed by atoms with Crippen molar-refractivity contribution in [3.05, 3.63) is 23.2 Å². The predicted octanol–water partition coefficient (Wildman–Crippen LogP) is 1.41. The van der Waals surface area contributed by atoms with Crippen LogP contribution in [-0.2, 0) is 0 Å². The van der Waals surface area contributed by atoms with Crippen LogP contribution in [0.1, 0.15) is 0 Å². The zero-order valence-electron chi connectivity index (χ0n) is 6.17. The molecule has 1 aromatic carbocycles. The fourth-order valence-electron chi connectivity index (χ4n) is 0.747. The third-order valence-electron chi connectivity index (χ3n) is 1.27. The van der Waals surface area contributed by atoms with Gasteiger partial charge < -0.3 is 16.8 Å². The molecule has 0 fully saturated rings. The van der Waals surface area contributed by atoms with Crippen LogP contribution >= 0.6 is 11.6 Å². The summed E-state index contributed by atoms with van der Waals surface area (Å²) in [6.45, 7) is 0. The Bertz CT molecular complexity index is 314. The maximum atomic E-state index is 10.4. The highest BCUT2D eigenvalue weighted by molar-refractivity contribution is 6.33. The summed E-state index contributed by atoms with van der Waals surface area (Å²) in [5.74, 6) is 0. The van der Waals surface area contributed by atoms with Crippen LogP contribution < -0.4 is 16.8 Å². The zero-order chi connectivity index (χ0) is 9.14. The van der Waals surface area contributed by atoms with Crippen molar-refractivity contribution >= 4 is 29.0 Å². The standard InChI is InChI=1S/C7H8ClN3O/c8-5-3-4(11-7(10)12)1-2-6(5)9/h1-3H,9H2,(H3,10,11,12). The number of nitrogens with one attached hydrogen (secondary N) is 1. The topological polar surface area (TPSA) is 81.1 Å². The Morgan fingerprint density at radius 3 is 2.67 bits per heavy atom. The molecule has 0 saturated carbocycles. The summed E-state index contributed by atoms with van der Waals surface area (Å²) in [6.07, 6.45) is 0. The van der Waals surface area contributed by atoms with E-state index in [9.17, 15) is 4.79 Å². The molecule has 64 valence electrons. The summed E-state index contributed by atoms with van der Waals surface area (Å²) in [5, 5.41) is 2.76. The molecule has 5 heteroatoms. The van der Waals surface area contributed by atoms with Crippen LogP contribution in [0.3, 0.4) is 0 Å².